The summed E-state index contributed by atoms with van der Waals surface area (Å²) < 4.78 is 11.7. The highest BCUT2D eigenvalue weighted by atomic mass is 35.5. The van der Waals surface area contributed by atoms with Crippen molar-refractivity contribution >= 4 is 29.1 Å². The largest absolute Gasteiger partial charge is 0.493 e. The van der Waals surface area contributed by atoms with Gasteiger partial charge in [-0.15, -0.1) is 0 Å². The second kappa shape index (κ2) is 10.1. The molecule has 1 saturated heterocycles. The Morgan fingerprint density at radius 2 is 1.84 bits per heavy atom. The number of rotatable bonds is 6. The van der Waals surface area contributed by atoms with Gasteiger partial charge < -0.3 is 14.4 Å². The number of halogens is 2. The molecule has 2 fully saturated rings. The molecule has 1 aromatic carbocycles. The minimum Gasteiger partial charge on any atom is -0.493 e. The van der Waals surface area contributed by atoms with Gasteiger partial charge in [0.05, 0.1) is 23.8 Å². The summed E-state index contributed by atoms with van der Waals surface area (Å²) in [4.78, 5) is 18.7. The number of amides is 1. The molecule has 31 heavy (non-hydrogen) atoms. The van der Waals surface area contributed by atoms with Crippen LogP contribution in [-0.2, 0) is 6.42 Å². The Hall–Kier alpha value is -1.98. The normalized spacial score (nSPS) is 17.7. The monoisotopic (exact) mass is 462 g/mol. The molecule has 166 valence electrons. The molecule has 2 aliphatic rings. The van der Waals surface area contributed by atoms with E-state index in [2.05, 4.69) is 17.1 Å². The predicted octanol–water partition coefficient (Wildman–Crippen LogP) is 5.81. The number of methoxy groups -OCH3 is 1. The lowest BCUT2D eigenvalue weighted by Gasteiger charge is -2.32. The lowest BCUT2D eigenvalue weighted by molar-refractivity contribution is 0.0690. The van der Waals surface area contributed by atoms with Crippen LogP contribution in [0.15, 0.2) is 30.5 Å². The zero-order valence-corrected chi connectivity index (χ0v) is 19.3. The molecule has 0 radical (unpaired) electrons. The van der Waals surface area contributed by atoms with Gasteiger partial charge in [-0.05, 0) is 74.6 Å². The van der Waals surface area contributed by atoms with E-state index in [1.54, 1.807) is 13.2 Å². The van der Waals surface area contributed by atoms with Crippen molar-refractivity contribution in [2.75, 3.05) is 20.2 Å². The summed E-state index contributed by atoms with van der Waals surface area (Å²) in [6, 6.07) is 7.85. The van der Waals surface area contributed by atoms with E-state index in [4.69, 9.17) is 32.7 Å². The summed E-state index contributed by atoms with van der Waals surface area (Å²) >= 11 is 12.1. The molecule has 2 aromatic rings. The minimum absolute atomic E-state index is 0.102. The van der Waals surface area contributed by atoms with E-state index in [9.17, 15) is 4.79 Å². The molecule has 1 saturated carbocycles. The van der Waals surface area contributed by atoms with Crippen LogP contribution < -0.4 is 9.47 Å². The maximum Gasteiger partial charge on any atom is 0.257 e. The highest BCUT2D eigenvalue weighted by Gasteiger charge is 2.26. The highest BCUT2D eigenvalue weighted by Crippen LogP contribution is 2.34. The fourth-order valence-corrected chi connectivity index (χ4v) is 4.88. The molecular weight excluding hydrogens is 435 g/mol. The summed E-state index contributed by atoms with van der Waals surface area (Å²) in [7, 11) is 1.69. The number of aromatic nitrogens is 1. The van der Waals surface area contributed by atoms with Gasteiger partial charge >= 0.3 is 0 Å². The van der Waals surface area contributed by atoms with E-state index in [0.29, 0.717) is 35.7 Å². The number of likely N-dealkylation sites (tertiary alicyclic amines) is 1. The lowest BCUT2D eigenvalue weighted by Crippen LogP contribution is -2.39. The molecule has 0 spiro atoms. The van der Waals surface area contributed by atoms with Crippen LogP contribution in [-0.4, -0.2) is 42.1 Å². The standard InChI is InChI=1S/C24H28Cl2N2O3/c1-30-21-7-6-17(13-22(21)31-19-4-2-3-5-19)12-16-8-10-28(11-9-16)24(29)20-14-18(25)15-27-23(20)26/h6-7,13-16,19H,2-5,8-12H2,1H3. The van der Waals surface area contributed by atoms with E-state index in [1.807, 2.05) is 11.0 Å². The van der Waals surface area contributed by atoms with E-state index in [0.717, 1.165) is 43.6 Å². The van der Waals surface area contributed by atoms with Crippen molar-refractivity contribution in [3.05, 3.63) is 51.8 Å². The molecule has 7 heteroatoms. The van der Waals surface area contributed by atoms with Crippen LogP contribution >= 0.6 is 23.2 Å². The van der Waals surface area contributed by atoms with Crippen molar-refractivity contribution in [2.45, 2.75) is 51.0 Å². The Morgan fingerprint density at radius 3 is 2.55 bits per heavy atom. The van der Waals surface area contributed by atoms with Crippen LogP contribution in [0.5, 0.6) is 11.5 Å². The number of hydrogen-bond acceptors (Lipinski definition) is 4. The number of carbonyl (C=O) groups excluding carboxylic acids is 1. The second-order valence-electron chi connectivity index (χ2n) is 8.44. The maximum absolute atomic E-state index is 12.8. The van der Waals surface area contributed by atoms with Crippen LogP contribution in [0.1, 0.15) is 54.4 Å². The maximum atomic E-state index is 12.8. The third-order valence-electron chi connectivity index (χ3n) is 6.29. The van der Waals surface area contributed by atoms with Crippen LogP contribution in [0.4, 0.5) is 0 Å². The second-order valence-corrected chi connectivity index (χ2v) is 9.24. The Bertz CT molecular complexity index is 923. The fraction of sp³-hybridized carbons (Fsp3) is 0.500. The lowest BCUT2D eigenvalue weighted by atomic mass is 9.90. The van der Waals surface area contributed by atoms with E-state index >= 15 is 0 Å². The van der Waals surface area contributed by atoms with Crippen molar-refractivity contribution in [1.82, 2.24) is 9.88 Å². The third-order valence-corrected chi connectivity index (χ3v) is 6.79. The van der Waals surface area contributed by atoms with Crippen molar-refractivity contribution in [1.29, 1.82) is 0 Å². The summed E-state index contributed by atoms with van der Waals surface area (Å²) in [5, 5.41) is 0.613. The van der Waals surface area contributed by atoms with Gasteiger partial charge in [0, 0.05) is 19.3 Å². The van der Waals surface area contributed by atoms with Gasteiger partial charge in [0.15, 0.2) is 11.5 Å². The molecule has 1 aliphatic carbocycles. The van der Waals surface area contributed by atoms with E-state index in [-0.39, 0.29) is 11.1 Å². The molecule has 1 amide bonds. The molecule has 0 bridgehead atoms. The Balaban J connectivity index is 1.36. The van der Waals surface area contributed by atoms with Crippen LogP contribution in [0.25, 0.3) is 0 Å². The Labute approximate surface area is 193 Å². The summed E-state index contributed by atoms with van der Waals surface area (Å²) in [6.45, 7) is 1.40. The summed E-state index contributed by atoms with van der Waals surface area (Å²) in [5.41, 5.74) is 1.62. The zero-order valence-electron chi connectivity index (χ0n) is 17.8. The van der Waals surface area contributed by atoms with Gasteiger partial charge in [-0.25, -0.2) is 4.98 Å². The number of nitrogens with zero attached hydrogens (tertiary/aromatic N) is 2. The summed E-state index contributed by atoms with van der Waals surface area (Å²) in [6.07, 6.45) is 9.31. The minimum atomic E-state index is -0.102. The number of ether oxygens (including phenoxy) is 2. The van der Waals surface area contributed by atoms with E-state index in [1.165, 1.54) is 24.6 Å². The fourth-order valence-electron chi connectivity index (χ4n) is 4.54. The number of piperidine rings is 1. The molecule has 1 aromatic heterocycles. The summed E-state index contributed by atoms with van der Waals surface area (Å²) in [5.74, 6) is 2.06. The molecule has 4 rings (SSSR count). The van der Waals surface area contributed by atoms with E-state index < -0.39 is 0 Å². The van der Waals surface area contributed by atoms with Gasteiger partial charge in [-0.2, -0.15) is 0 Å². The Morgan fingerprint density at radius 1 is 1.10 bits per heavy atom. The third kappa shape index (κ3) is 5.45. The smallest absolute Gasteiger partial charge is 0.257 e. The number of pyridine rings is 1. The van der Waals surface area contributed by atoms with Gasteiger partial charge in [-0.3, -0.25) is 4.79 Å². The zero-order chi connectivity index (χ0) is 21.8. The van der Waals surface area contributed by atoms with Crippen molar-refractivity contribution in [3.63, 3.8) is 0 Å². The number of benzene rings is 1. The van der Waals surface area contributed by atoms with Gasteiger partial charge in [-0.1, -0.05) is 29.3 Å². The highest BCUT2D eigenvalue weighted by molar-refractivity contribution is 6.34. The Kier molecular flexibility index (Phi) is 7.24. The SMILES string of the molecule is COc1ccc(CC2CCN(C(=O)c3cc(Cl)cnc3Cl)CC2)cc1OC1CCCC1. The number of hydrogen-bond donors (Lipinski definition) is 0. The first-order valence-corrected chi connectivity index (χ1v) is 11.7. The van der Waals surface area contributed by atoms with Gasteiger partial charge in [0.1, 0.15) is 5.15 Å². The van der Waals surface area contributed by atoms with Crippen molar-refractivity contribution in [2.24, 2.45) is 5.92 Å². The molecule has 1 aliphatic heterocycles. The first kappa shape index (κ1) is 22.2. The predicted molar refractivity (Wildman–Crippen MR) is 122 cm³/mol. The molecule has 2 heterocycles. The van der Waals surface area contributed by atoms with Gasteiger partial charge in [0.25, 0.3) is 5.91 Å². The topological polar surface area (TPSA) is 51.7 Å². The molecule has 0 atom stereocenters. The quantitative estimate of drug-likeness (QED) is 0.507. The van der Waals surface area contributed by atoms with Crippen LogP contribution in [0, 0.1) is 5.92 Å². The van der Waals surface area contributed by atoms with Crippen molar-refractivity contribution in [3.8, 4) is 11.5 Å². The van der Waals surface area contributed by atoms with Gasteiger partial charge in [0.2, 0.25) is 0 Å². The van der Waals surface area contributed by atoms with Crippen molar-refractivity contribution < 1.29 is 14.3 Å². The van der Waals surface area contributed by atoms with Crippen LogP contribution in [0.2, 0.25) is 10.2 Å². The molecular formula is C24H28Cl2N2O3. The average Bonchev–Trinajstić information content (AvgIpc) is 3.29. The molecule has 5 nitrogen and oxygen atoms in total. The molecule has 0 N–H and O–H groups in total. The first-order chi connectivity index (χ1) is 15.0. The molecule has 0 unspecified atom stereocenters. The number of carbonyl (C=O) groups is 1. The average molecular weight is 463 g/mol. The van der Waals surface area contributed by atoms with Crippen LogP contribution in [0.3, 0.4) is 0 Å². The first-order valence-electron chi connectivity index (χ1n) is 11.0.